The first-order chi connectivity index (χ1) is 4.97. The summed E-state index contributed by atoms with van der Waals surface area (Å²) < 4.78 is 0. The molecule has 0 bridgehead atoms. The van der Waals surface area contributed by atoms with Crippen molar-refractivity contribution in [2.75, 3.05) is 0 Å². The van der Waals surface area contributed by atoms with Gasteiger partial charge in [-0.05, 0) is 46.5 Å². The molecule has 0 aliphatic carbocycles. The highest BCUT2D eigenvalue weighted by molar-refractivity contribution is 7.44. The fraction of sp³-hybridized carbons (Fsp3) is 0. The highest BCUT2D eigenvalue weighted by Crippen LogP contribution is 2.21. The maximum Gasteiger partial charge on any atom is -0.0131 e. The van der Waals surface area contributed by atoms with Crippen molar-refractivity contribution in [1.29, 1.82) is 0 Å². The third kappa shape index (κ3) is 1.06. The Morgan fingerprint density at radius 1 is 0.800 bits per heavy atom. The number of allylic oxidation sites excluding steroid dienone is 4. The molecule has 0 saturated heterocycles. The molecule has 0 aromatic heterocycles. The molecule has 0 nitrogen and oxygen atoms in total. The second-order valence-corrected chi connectivity index (χ2v) is 3.81. The summed E-state index contributed by atoms with van der Waals surface area (Å²) in [7, 11) is 2.64. The van der Waals surface area contributed by atoms with Crippen molar-refractivity contribution in [2.24, 2.45) is 0 Å². The average Bonchev–Trinajstić information content (AvgIpc) is 2.59. The van der Waals surface area contributed by atoms with E-state index in [1.165, 1.54) is 27.6 Å². The predicted molar refractivity (Wildman–Crippen MR) is 51.3 cm³/mol. The fourth-order valence-electron chi connectivity index (χ4n) is 0.921. The van der Waals surface area contributed by atoms with Crippen LogP contribution in [-0.2, 0) is 0 Å². The van der Waals surface area contributed by atoms with Gasteiger partial charge in [-0.1, -0.05) is 16.4 Å². The predicted octanol–water partition coefficient (Wildman–Crippen LogP) is 2.83. The molecular weight excluding hydrogens is 158 g/mol. The molecule has 0 radical (unpaired) electrons. The van der Waals surface area contributed by atoms with Gasteiger partial charge in [-0.15, -0.1) is 0 Å². The van der Waals surface area contributed by atoms with Gasteiger partial charge >= 0.3 is 0 Å². The summed E-state index contributed by atoms with van der Waals surface area (Å²) in [6, 6.07) is 0. The van der Waals surface area contributed by atoms with Crippen molar-refractivity contribution < 1.29 is 0 Å². The molecule has 0 aromatic rings. The van der Waals surface area contributed by atoms with Crippen LogP contribution in [0.5, 0.6) is 0 Å². The summed E-state index contributed by atoms with van der Waals surface area (Å²) in [6.07, 6.45) is 4.36. The maximum atomic E-state index is 2.23. The standard InChI is InChI=1S/C8H6P2/c1-3-9-5-7(1)8-2-4-10-6-8/h1-6H. The Balaban J connectivity index is 2.46. The van der Waals surface area contributed by atoms with E-state index in [1.807, 2.05) is 0 Å². The van der Waals surface area contributed by atoms with Gasteiger partial charge in [0.2, 0.25) is 0 Å². The Bertz CT molecular complexity index is 232. The smallest absolute Gasteiger partial charge is 0.0131 e. The van der Waals surface area contributed by atoms with Crippen LogP contribution in [0.2, 0.25) is 0 Å². The Kier molecular flexibility index (Phi) is 1.67. The van der Waals surface area contributed by atoms with Gasteiger partial charge in [0, 0.05) is 0 Å². The van der Waals surface area contributed by atoms with Crippen molar-refractivity contribution in [1.82, 2.24) is 0 Å². The molecule has 0 amide bonds. The van der Waals surface area contributed by atoms with Crippen LogP contribution >= 0.6 is 16.4 Å². The quantitative estimate of drug-likeness (QED) is 0.483. The lowest BCUT2D eigenvalue weighted by molar-refractivity contribution is 1.79. The van der Waals surface area contributed by atoms with E-state index in [0.717, 1.165) is 0 Å². The van der Waals surface area contributed by atoms with Crippen LogP contribution in [0.3, 0.4) is 0 Å². The first kappa shape index (κ1) is 6.28. The van der Waals surface area contributed by atoms with Gasteiger partial charge in [0.15, 0.2) is 0 Å². The molecule has 0 unspecified atom stereocenters. The van der Waals surface area contributed by atoms with E-state index in [-0.39, 0.29) is 0 Å². The monoisotopic (exact) mass is 164 g/mol. The van der Waals surface area contributed by atoms with E-state index in [4.69, 9.17) is 0 Å². The summed E-state index contributed by atoms with van der Waals surface area (Å²) in [6.45, 7) is 0. The topological polar surface area (TPSA) is 0 Å². The van der Waals surface area contributed by atoms with Crippen LogP contribution < -0.4 is 0 Å². The molecule has 2 heteroatoms. The fourth-order valence-corrected chi connectivity index (χ4v) is 2.38. The van der Waals surface area contributed by atoms with Crippen LogP contribution in [-0.4, -0.2) is 11.6 Å². The second-order valence-electron chi connectivity index (χ2n) is 2.10. The summed E-state index contributed by atoms with van der Waals surface area (Å²) in [5, 5.41) is 0. The Hall–Kier alpha value is -0.440. The van der Waals surface area contributed by atoms with E-state index in [0.29, 0.717) is 0 Å². The summed E-state index contributed by atoms with van der Waals surface area (Å²) in [4.78, 5) is 0. The van der Waals surface area contributed by atoms with Gasteiger partial charge in [-0.3, -0.25) is 0 Å². The van der Waals surface area contributed by atoms with E-state index in [9.17, 15) is 0 Å². The van der Waals surface area contributed by atoms with Gasteiger partial charge < -0.3 is 0 Å². The zero-order chi connectivity index (χ0) is 6.81. The van der Waals surface area contributed by atoms with E-state index in [2.05, 4.69) is 35.4 Å². The van der Waals surface area contributed by atoms with Gasteiger partial charge in [-0.2, -0.15) is 0 Å². The highest BCUT2D eigenvalue weighted by atomic mass is 31.1. The largest absolute Gasteiger partial charge is 0.0758 e. The number of rotatable bonds is 0. The zero-order valence-corrected chi connectivity index (χ0v) is 7.15. The molecule has 2 heterocycles. The molecule has 0 spiro atoms. The molecular formula is C8H6P2. The number of hydrogen-bond donors (Lipinski definition) is 0. The Morgan fingerprint density at radius 2 is 1.30 bits per heavy atom. The molecule has 2 aliphatic heterocycles. The SMILES string of the molecule is C1=CC(=C2C=CP=C2)C=P1. The van der Waals surface area contributed by atoms with Gasteiger partial charge in [0.1, 0.15) is 0 Å². The first-order valence-corrected chi connectivity index (χ1v) is 5.17. The minimum atomic E-state index is 1.32. The maximum absolute atomic E-state index is 2.23. The van der Waals surface area contributed by atoms with E-state index in [1.54, 1.807) is 0 Å². The summed E-state index contributed by atoms with van der Waals surface area (Å²) >= 11 is 0. The summed E-state index contributed by atoms with van der Waals surface area (Å²) in [5.74, 6) is 8.80. The van der Waals surface area contributed by atoms with Crippen LogP contribution in [0.1, 0.15) is 0 Å². The molecule has 0 aromatic carbocycles. The third-order valence-corrected chi connectivity index (χ3v) is 2.94. The Morgan fingerprint density at radius 3 is 1.60 bits per heavy atom. The van der Waals surface area contributed by atoms with E-state index >= 15 is 0 Å². The zero-order valence-electron chi connectivity index (χ0n) is 5.36. The molecule has 48 valence electrons. The normalized spacial score (nSPS) is 30.4. The molecule has 0 N–H and O–H groups in total. The molecule has 0 saturated carbocycles. The van der Waals surface area contributed by atoms with Crippen LogP contribution in [0, 0.1) is 0 Å². The summed E-state index contributed by atoms with van der Waals surface area (Å²) in [5.41, 5.74) is 2.76. The van der Waals surface area contributed by atoms with Gasteiger partial charge in [-0.25, -0.2) is 0 Å². The van der Waals surface area contributed by atoms with Crippen LogP contribution in [0.25, 0.3) is 0 Å². The van der Waals surface area contributed by atoms with Crippen molar-refractivity contribution in [3.05, 3.63) is 34.9 Å². The Labute approximate surface area is 63.6 Å². The minimum absolute atomic E-state index is 1.32. The first-order valence-electron chi connectivity index (χ1n) is 3.10. The van der Waals surface area contributed by atoms with Gasteiger partial charge in [0.05, 0.1) is 0 Å². The average molecular weight is 164 g/mol. The third-order valence-electron chi connectivity index (χ3n) is 1.44. The second kappa shape index (κ2) is 2.66. The van der Waals surface area contributed by atoms with Crippen molar-refractivity contribution >= 4 is 28.0 Å². The molecule has 2 aliphatic rings. The molecule has 10 heavy (non-hydrogen) atoms. The van der Waals surface area contributed by atoms with Crippen LogP contribution in [0.4, 0.5) is 0 Å². The molecule has 2 rings (SSSR count). The minimum Gasteiger partial charge on any atom is -0.0758 e. The molecule has 0 atom stereocenters. The lowest BCUT2D eigenvalue weighted by Gasteiger charge is -1.90. The van der Waals surface area contributed by atoms with Crippen molar-refractivity contribution in [3.63, 3.8) is 0 Å². The van der Waals surface area contributed by atoms with Crippen molar-refractivity contribution in [3.8, 4) is 0 Å². The number of hydrogen-bond acceptors (Lipinski definition) is 0. The van der Waals surface area contributed by atoms with Crippen LogP contribution in [0.15, 0.2) is 34.9 Å². The van der Waals surface area contributed by atoms with Crippen molar-refractivity contribution in [2.45, 2.75) is 0 Å². The lowest BCUT2D eigenvalue weighted by Crippen LogP contribution is -1.82. The molecule has 0 fully saturated rings. The highest BCUT2D eigenvalue weighted by Gasteiger charge is 1.99. The lowest BCUT2D eigenvalue weighted by atomic mass is 10.1. The van der Waals surface area contributed by atoms with Gasteiger partial charge in [0.25, 0.3) is 0 Å². The van der Waals surface area contributed by atoms with E-state index < -0.39 is 0 Å².